The van der Waals surface area contributed by atoms with Gasteiger partial charge in [0.25, 0.3) is 5.91 Å². The van der Waals surface area contributed by atoms with Gasteiger partial charge in [-0.05, 0) is 61.8 Å². The fourth-order valence-corrected chi connectivity index (χ4v) is 3.96. The number of aryl methyl sites for hydroxylation is 2. The van der Waals surface area contributed by atoms with Crippen molar-refractivity contribution in [2.24, 2.45) is 0 Å². The monoisotopic (exact) mass is 359 g/mol. The molecule has 1 aromatic heterocycles. The van der Waals surface area contributed by atoms with Gasteiger partial charge >= 0.3 is 0 Å². The van der Waals surface area contributed by atoms with Crippen molar-refractivity contribution in [1.82, 2.24) is 4.98 Å². The van der Waals surface area contributed by atoms with Crippen LogP contribution >= 0.6 is 0 Å². The van der Waals surface area contributed by atoms with Crippen molar-refractivity contribution in [3.63, 3.8) is 0 Å². The van der Waals surface area contributed by atoms with Gasteiger partial charge in [0.1, 0.15) is 5.82 Å². The van der Waals surface area contributed by atoms with Gasteiger partial charge in [0.15, 0.2) is 0 Å². The molecule has 4 heteroatoms. The molecule has 1 N–H and O–H groups in total. The maximum absolute atomic E-state index is 13.0. The van der Waals surface area contributed by atoms with E-state index in [0.717, 1.165) is 46.5 Å². The van der Waals surface area contributed by atoms with Crippen molar-refractivity contribution in [3.8, 4) is 0 Å². The van der Waals surface area contributed by atoms with E-state index < -0.39 is 0 Å². The first kappa shape index (κ1) is 17.5. The number of nitrogens with one attached hydrogen (secondary N) is 1. The average molecular weight is 359 g/mol. The second kappa shape index (κ2) is 7.39. The molecule has 0 unspecified atom stereocenters. The number of hydrogen-bond donors (Lipinski definition) is 1. The summed E-state index contributed by atoms with van der Waals surface area (Å²) in [6, 6.07) is 14.2. The lowest BCUT2D eigenvalue weighted by atomic mass is 10.0. The van der Waals surface area contributed by atoms with Crippen molar-refractivity contribution in [1.29, 1.82) is 0 Å². The summed E-state index contributed by atoms with van der Waals surface area (Å²) in [5.74, 6) is 0.877. The van der Waals surface area contributed by atoms with E-state index in [9.17, 15) is 4.79 Å². The average Bonchev–Trinajstić information content (AvgIpc) is 2.67. The van der Waals surface area contributed by atoms with Crippen molar-refractivity contribution < 1.29 is 4.79 Å². The summed E-state index contributed by atoms with van der Waals surface area (Å²) in [7, 11) is 0. The summed E-state index contributed by atoms with van der Waals surface area (Å²) in [4.78, 5) is 20.0. The zero-order valence-electron chi connectivity index (χ0n) is 16.0. The van der Waals surface area contributed by atoms with Crippen molar-refractivity contribution in [3.05, 3.63) is 65.4 Å². The van der Waals surface area contributed by atoms with Gasteiger partial charge in [-0.25, -0.2) is 4.98 Å². The fraction of sp³-hybridized carbons (Fsp3) is 0.304. The predicted molar refractivity (Wildman–Crippen MR) is 112 cm³/mol. The van der Waals surface area contributed by atoms with Crippen molar-refractivity contribution in [2.75, 3.05) is 23.3 Å². The fourth-order valence-electron chi connectivity index (χ4n) is 3.96. The number of nitrogens with zero attached hydrogens (tertiary/aromatic N) is 2. The van der Waals surface area contributed by atoms with Gasteiger partial charge in [-0.1, -0.05) is 30.3 Å². The number of hydrogen-bond acceptors (Lipinski definition) is 3. The summed E-state index contributed by atoms with van der Waals surface area (Å²) in [6.07, 6.45) is 5.41. The molecular formula is C23H25N3O. The zero-order valence-corrected chi connectivity index (χ0v) is 16.0. The van der Waals surface area contributed by atoms with E-state index in [1.807, 2.05) is 44.2 Å². The van der Waals surface area contributed by atoms with E-state index in [1.165, 1.54) is 19.3 Å². The van der Waals surface area contributed by atoms with E-state index in [-0.39, 0.29) is 5.91 Å². The Bertz CT molecular complexity index is 970. The van der Waals surface area contributed by atoms with Crippen LogP contribution in [0.25, 0.3) is 10.8 Å². The number of amides is 1. The van der Waals surface area contributed by atoms with Gasteiger partial charge in [0, 0.05) is 30.4 Å². The van der Waals surface area contributed by atoms with E-state index in [2.05, 4.69) is 22.3 Å². The molecule has 0 saturated carbocycles. The molecule has 2 heterocycles. The molecule has 0 spiro atoms. The first-order valence-electron chi connectivity index (χ1n) is 9.64. The molecule has 1 amide bonds. The highest BCUT2D eigenvalue weighted by molar-refractivity contribution is 6.14. The zero-order chi connectivity index (χ0) is 18.8. The van der Waals surface area contributed by atoms with Gasteiger partial charge in [-0.2, -0.15) is 0 Å². The maximum Gasteiger partial charge on any atom is 0.257 e. The smallest absolute Gasteiger partial charge is 0.257 e. The van der Waals surface area contributed by atoms with E-state index in [1.54, 1.807) is 6.20 Å². The Morgan fingerprint density at radius 3 is 2.33 bits per heavy atom. The third-order valence-electron chi connectivity index (χ3n) is 5.15. The minimum absolute atomic E-state index is 0.117. The lowest BCUT2D eigenvalue weighted by Gasteiger charge is -2.29. The lowest BCUT2D eigenvalue weighted by molar-refractivity contribution is 0.102. The number of rotatable bonds is 3. The molecule has 4 nitrogen and oxygen atoms in total. The number of carbonyl (C=O) groups excluding carboxylic acids is 1. The molecular weight excluding hydrogens is 334 g/mol. The molecule has 0 radical (unpaired) electrons. The summed E-state index contributed by atoms with van der Waals surface area (Å²) < 4.78 is 0. The number of pyridine rings is 1. The Kier molecular flexibility index (Phi) is 4.80. The second-order valence-electron chi connectivity index (χ2n) is 7.42. The van der Waals surface area contributed by atoms with Crippen LogP contribution in [-0.2, 0) is 0 Å². The Morgan fingerprint density at radius 1 is 0.963 bits per heavy atom. The highest BCUT2D eigenvalue weighted by Crippen LogP contribution is 2.29. The minimum Gasteiger partial charge on any atom is -0.356 e. The minimum atomic E-state index is -0.117. The van der Waals surface area contributed by atoms with Crippen LogP contribution in [0, 0.1) is 13.8 Å². The van der Waals surface area contributed by atoms with E-state index in [4.69, 9.17) is 4.98 Å². The molecule has 27 heavy (non-hydrogen) atoms. The SMILES string of the molecule is Cc1cc(C)cc(NC(=O)c2cnc(N3CCCCC3)c3ccccc23)c1. The van der Waals surface area contributed by atoms with Crippen LogP contribution in [0.5, 0.6) is 0 Å². The number of fused-ring (bicyclic) bond motifs is 1. The summed E-state index contributed by atoms with van der Waals surface area (Å²) in [5, 5.41) is 5.04. The molecule has 138 valence electrons. The van der Waals surface area contributed by atoms with Gasteiger partial charge in [-0.15, -0.1) is 0 Å². The van der Waals surface area contributed by atoms with Crippen LogP contribution < -0.4 is 10.2 Å². The number of anilines is 2. The van der Waals surface area contributed by atoms with Crippen LogP contribution in [0.1, 0.15) is 40.7 Å². The highest BCUT2D eigenvalue weighted by Gasteiger charge is 2.18. The summed E-state index contributed by atoms with van der Waals surface area (Å²) in [5.41, 5.74) is 3.70. The molecule has 1 saturated heterocycles. The number of piperidine rings is 1. The normalized spacial score (nSPS) is 14.4. The van der Waals surface area contributed by atoms with Gasteiger partial charge in [-0.3, -0.25) is 4.79 Å². The highest BCUT2D eigenvalue weighted by atomic mass is 16.1. The molecule has 2 aromatic carbocycles. The van der Waals surface area contributed by atoms with Crippen LogP contribution in [0.4, 0.5) is 11.5 Å². The van der Waals surface area contributed by atoms with Crippen LogP contribution in [0.15, 0.2) is 48.7 Å². The number of aromatic nitrogens is 1. The van der Waals surface area contributed by atoms with Gasteiger partial charge in [0.2, 0.25) is 0 Å². The molecule has 0 aliphatic carbocycles. The van der Waals surface area contributed by atoms with E-state index in [0.29, 0.717) is 5.56 Å². The summed E-state index contributed by atoms with van der Waals surface area (Å²) in [6.45, 7) is 6.14. The Morgan fingerprint density at radius 2 is 1.63 bits per heavy atom. The second-order valence-corrected chi connectivity index (χ2v) is 7.42. The topological polar surface area (TPSA) is 45.2 Å². The van der Waals surface area contributed by atoms with Crippen LogP contribution in [0.3, 0.4) is 0 Å². The van der Waals surface area contributed by atoms with Gasteiger partial charge < -0.3 is 10.2 Å². The maximum atomic E-state index is 13.0. The third kappa shape index (κ3) is 3.65. The quantitative estimate of drug-likeness (QED) is 0.708. The number of carbonyl (C=O) groups is 1. The molecule has 4 rings (SSSR count). The van der Waals surface area contributed by atoms with E-state index >= 15 is 0 Å². The third-order valence-corrected chi connectivity index (χ3v) is 5.15. The molecule has 1 aliphatic heterocycles. The summed E-state index contributed by atoms with van der Waals surface area (Å²) >= 11 is 0. The molecule has 1 aliphatic rings. The molecule has 3 aromatic rings. The first-order valence-corrected chi connectivity index (χ1v) is 9.64. The Labute approximate surface area is 160 Å². The first-order chi connectivity index (χ1) is 13.1. The molecule has 0 atom stereocenters. The lowest BCUT2D eigenvalue weighted by Crippen LogP contribution is -2.30. The Hall–Kier alpha value is -2.88. The largest absolute Gasteiger partial charge is 0.356 e. The van der Waals surface area contributed by atoms with Gasteiger partial charge in [0.05, 0.1) is 5.56 Å². The Balaban J connectivity index is 1.70. The molecule has 1 fully saturated rings. The van der Waals surface area contributed by atoms with Crippen LogP contribution in [0.2, 0.25) is 0 Å². The predicted octanol–water partition coefficient (Wildman–Crippen LogP) is 5.09. The standard InChI is InChI=1S/C23H25N3O/c1-16-12-17(2)14-18(13-16)25-23(27)21-15-24-22(26-10-6-3-7-11-26)20-9-5-4-8-19(20)21/h4-5,8-9,12-15H,3,6-7,10-11H2,1-2H3,(H,25,27). The van der Waals surface area contributed by atoms with Crippen LogP contribution in [-0.4, -0.2) is 24.0 Å². The van der Waals surface area contributed by atoms with Crippen molar-refractivity contribution in [2.45, 2.75) is 33.1 Å². The molecule has 0 bridgehead atoms. The number of benzene rings is 2. The van der Waals surface area contributed by atoms with Crippen molar-refractivity contribution >= 4 is 28.2 Å².